The van der Waals surface area contributed by atoms with Crippen molar-refractivity contribution in [3.8, 4) is 5.69 Å². The van der Waals surface area contributed by atoms with E-state index < -0.39 is 0 Å². The van der Waals surface area contributed by atoms with Crippen molar-refractivity contribution in [1.82, 2.24) is 24.6 Å². The number of benzene rings is 2. The predicted octanol–water partition coefficient (Wildman–Crippen LogP) is 5.55. The smallest absolute Gasteiger partial charge is 0.196 e. The third-order valence-electron chi connectivity index (χ3n) is 4.87. The molecule has 0 aliphatic rings. The lowest BCUT2D eigenvalue weighted by Crippen LogP contribution is -2.20. The lowest BCUT2D eigenvalue weighted by atomic mass is 10.1. The quantitative estimate of drug-likeness (QED) is 0.330. The Morgan fingerprint density at radius 2 is 1.71 bits per heavy atom. The van der Waals surface area contributed by atoms with Crippen molar-refractivity contribution in [2.45, 2.75) is 30.9 Å². The van der Waals surface area contributed by atoms with E-state index in [-0.39, 0.29) is 0 Å². The van der Waals surface area contributed by atoms with Crippen LogP contribution >= 0.6 is 23.4 Å². The van der Waals surface area contributed by atoms with Crippen molar-refractivity contribution in [1.29, 1.82) is 0 Å². The van der Waals surface area contributed by atoms with Gasteiger partial charge in [0, 0.05) is 29.7 Å². The molecule has 4 rings (SSSR count). The normalized spacial score (nSPS) is 11.2. The summed E-state index contributed by atoms with van der Waals surface area (Å²) in [5.41, 5.74) is 4.70. The summed E-state index contributed by atoms with van der Waals surface area (Å²) in [6.07, 6.45) is 3.62. The summed E-state index contributed by atoms with van der Waals surface area (Å²) in [6, 6.07) is 20.5. The summed E-state index contributed by atoms with van der Waals surface area (Å²) in [4.78, 5) is 6.33. The van der Waals surface area contributed by atoms with Gasteiger partial charge in [-0.15, -0.1) is 10.2 Å². The highest BCUT2D eigenvalue weighted by molar-refractivity contribution is 7.98. The first-order chi connectivity index (χ1) is 15.1. The van der Waals surface area contributed by atoms with Crippen molar-refractivity contribution in [2.24, 2.45) is 0 Å². The van der Waals surface area contributed by atoms with Crippen molar-refractivity contribution < 1.29 is 0 Å². The first kappa shape index (κ1) is 21.6. The van der Waals surface area contributed by atoms with Gasteiger partial charge < -0.3 is 0 Å². The van der Waals surface area contributed by atoms with Gasteiger partial charge in [0.05, 0.1) is 12.2 Å². The molecule has 4 aromatic rings. The highest BCUT2D eigenvalue weighted by Gasteiger charge is 2.17. The van der Waals surface area contributed by atoms with Gasteiger partial charge in [-0.2, -0.15) is 0 Å². The number of rotatable bonds is 8. The molecule has 0 aliphatic heterocycles. The van der Waals surface area contributed by atoms with Crippen molar-refractivity contribution in [3.05, 3.63) is 101 Å². The van der Waals surface area contributed by atoms with E-state index in [1.807, 2.05) is 48.8 Å². The molecule has 2 aromatic carbocycles. The van der Waals surface area contributed by atoms with Crippen LogP contribution in [0.4, 0.5) is 0 Å². The first-order valence-electron chi connectivity index (χ1n) is 10.0. The van der Waals surface area contributed by atoms with E-state index in [2.05, 4.69) is 62.9 Å². The first-order valence-corrected chi connectivity index (χ1v) is 11.4. The van der Waals surface area contributed by atoms with Crippen LogP contribution in [0.15, 0.2) is 78.2 Å². The molecular weight excluding hydrogens is 426 g/mol. The molecule has 0 radical (unpaired) electrons. The van der Waals surface area contributed by atoms with Crippen molar-refractivity contribution in [2.75, 3.05) is 7.05 Å². The van der Waals surface area contributed by atoms with E-state index in [1.54, 1.807) is 11.8 Å². The van der Waals surface area contributed by atoms with E-state index in [0.717, 1.165) is 29.0 Å². The average Bonchev–Trinajstić information content (AvgIpc) is 3.17. The van der Waals surface area contributed by atoms with Crippen LogP contribution < -0.4 is 0 Å². The molecule has 0 N–H and O–H groups in total. The fourth-order valence-electron chi connectivity index (χ4n) is 3.30. The summed E-state index contributed by atoms with van der Waals surface area (Å²) < 4.78 is 2.10. The van der Waals surface area contributed by atoms with Crippen LogP contribution in [-0.2, 0) is 18.8 Å². The Labute approximate surface area is 192 Å². The summed E-state index contributed by atoms with van der Waals surface area (Å²) >= 11 is 7.94. The molecule has 0 amide bonds. The van der Waals surface area contributed by atoms with Gasteiger partial charge >= 0.3 is 0 Å². The Morgan fingerprint density at radius 3 is 2.45 bits per heavy atom. The van der Waals surface area contributed by atoms with Crippen LogP contribution in [0, 0.1) is 6.92 Å². The van der Waals surface area contributed by atoms with Gasteiger partial charge in [0.25, 0.3) is 0 Å². The van der Waals surface area contributed by atoms with Gasteiger partial charge in [0.1, 0.15) is 0 Å². The number of hydrogen-bond donors (Lipinski definition) is 0. The second kappa shape index (κ2) is 10.1. The molecule has 0 aliphatic carbocycles. The number of nitrogens with zero attached hydrogens (tertiary/aromatic N) is 5. The maximum absolute atomic E-state index is 6.29. The Kier molecular flexibility index (Phi) is 7.02. The van der Waals surface area contributed by atoms with Crippen LogP contribution in [0.1, 0.15) is 22.5 Å². The predicted molar refractivity (Wildman–Crippen MR) is 127 cm³/mol. The number of thioether (sulfide) groups is 1. The van der Waals surface area contributed by atoms with Crippen LogP contribution in [0.2, 0.25) is 5.02 Å². The molecule has 2 heterocycles. The summed E-state index contributed by atoms with van der Waals surface area (Å²) in [5, 5.41) is 10.6. The molecule has 5 nitrogen and oxygen atoms in total. The van der Waals surface area contributed by atoms with Gasteiger partial charge in [0.15, 0.2) is 11.0 Å². The third-order valence-corrected chi connectivity index (χ3v) is 6.10. The Morgan fingerprint density at radius 1 is 0.935 bits per heavy atom. The molecule has 0 fully saturated rings. The number of hydrogen-bond acceptors (Lipinski definition) is 5. The van der Waals surface area contributed by atoms with Crippen LogP contribution in [0.25, 0.3) is 5.69 Å². The standard InChI is InChI=1S/C24H24ClN5S/c1-18-6-8-19(9-7-18)15-29(2)16-23-27-28-24(31-17-20-10-12-26-13-11-20)30(23)22-5-3-4-21(25)14-22/h3-14H,15-17H2,1-2H3. The Hall–Kier alpha value is -2.67. The number of halogens is 1. The van der Waals surface area contributed by atoms with Gasteiger partial charge in [-0.05, 0) is 55.4 Å². The minimum Gasteiger partial charge on any atom is -0.295 e. The maximum Gasteiger partial charge on any atom is 0.196 e. The van der Waals surface area contributed by atoms with E-state index in [4.69, 9.17) is 11.6 Å². The van der Waals surface area contributed by atoms with Crippen LogP contribution in [0.3, 0.4) is 0 Å². The van der Waals surface area contributed by atoms with Gasteiger partial charge in [-0.3, -0.25) is 14.5 Å². The zero-order valence-electron chi connectivity index (χ0n) is 17.6. The molecule has 7 heteroatoms. The lowest BCUT2D eigenvalue weighted by molar-refractivity contribution is 0.308. The highest BCUT2D eigenvalue weighted by Crippen LogP contribution is 2.27. The highest BCUT2D eigenvalue weighted by atomic mass is 35.5. The summed E-state index contributed by atoms with van der Waals surface area (Å²) in [5.74, 6) is 1.68. The van der Waals surface area contributed by atoms with Gasteiger partial charge in [-0.1, -0.05) is 59.3 Å². The summed E-state index contributed by atoms with van der Waals surface area (Å²) in [6.45, 7) is 3.61. The molecule has 158 valence electrons. The Bertz CT molecular complexity index is 1130. The fraction of sp³-hybridized carbons (Fsp3) is 0.208. The molecule has 0 saturated carbocycles. The zero-order valence-corrected chi connectivity index (χ0v) is 19.1. The second-order valence-electron chi connectivity index (χ2n) is 7.52. The van der Waals surface area contributed by atoms with Gasteiger partial charge in [0.2, 0.25) is 0 Å². The molecular formula is C24H24ClN5S. The molecule has 0 atom stereocenters. The average molecular weight is 450 g/mol. The molecule has 2 aromatic heterocycles. The van der Waals surface area contributed by atoms with E-state index in [9.17, 15) is 0 Å². The molecule has 0 saturated heterocycles. The lowest BCUT2D eigenvalue weighted by Gasteiger charge is -2.18. The monoisotopic (exact) mass is 449 g/mol. The number of aromatic nitrogens is 4. The minimum absolute atomic E-state index is 0.670. The van der Waals surface area contributed by atoms with Gasteiger partial charge in [-0.25, -0.2) is 0 Å². The number of pyridine rings is 1. The largest absolute Gasteiger partial charge is 0.295 e. The molecule has 0 bridgehead atoms. The van der Waals surface area contributed by atoms with E-state index in [0.29, 0.717) is 11.6 Å². The van der Waals surface area contributed by atoms with Crippen molar-refractivity contribution in [3.63, 3.8) is 0 Å². The van der Waals surface area contributed by atoms with E-state index in [1.165, 1.54) is 16.7 Å². The minimum atomic E-state index is 0.670. The Balaban J connectivity index is 1.57. The van der Waals surface area contributed by atoms with E-state index >= 15 is 0 Å². The number of aryl methyl sites for hydroxylation is 1. The fourth-order valence-corrected chi connectivity index (χ4v) is 4.41. The molecule has 0 spiro atoms. The molecule has 31 heavy (non-hydrogen) atoms. The van der Waals surface area contributed by atoms with Crippen LogP contribution in [-0.4, -0.2) is 31.7 Å². The van der Waals surface area contributed by atoms with Crippen LogP contribution in [0.5, 0.6) is 0 Å². The van der Waals surface area contributed by atoms with Crippen molar-refractivity contribution >= 4 is 23.4 Å². The second-order valence-corrected chi connectivity index (χ2v) is 8.90. The molecule has 0 unspecified atom stereocenters. The third kappa shape index (κ3) is 5.73. The SMILES string of the molecule is Cc1ccc(CN(C)Cc2nnc(SCc3ccncc3)n2-c2cccc(Cl)c2)cc1. The zero-order chi connectivity index (χ0) is 21.6. The topological polar surface area (TPSA) is 46.8 Å². The summed E-state index contributed by atoms with van der Waals surface area (Å²) in [7, 11) is 2.10. The maximum atomic E-state index is 6.29.